The van der Waals surface area contributed by atoms with Crippen LogP contribution in [0.4, 0.5) is 0 Å². The monoisotopic (exact) mass is 151 g/mol. The van der Waals surface area contributed by atoms with Gasteiger partial charge in [0.25, 0.3) is 0 Å². The van der Waals surface area contributed by atoms with E-state index in [2.05, 4.69) is 17.8 Å². The summed E-state index contributed by atoms with van der Waals surface area (Å²) in [6.45, 7) is 0. The molecule has 1 rings (SSSR count). The van der Waals surface area contributed by atoms with E-state index in [1.807, 2.05) is 0 Å². The van der Waals surface area contributed by atoms with Crippen LogP contribution in [0.3, 0.4) is 0 Å². The van der Waals surface area contributed by atoms with E-state index in [0.717, 1.165) is 11.1 Å². The summed E-state index contributed by atoms with van der Waals surface area (Å²) in [6.07, 6.45) is 5.16. The average Bonchev–Trinajstić information content (AvgIpc) is 2.15. The topological polar surface area (TPSA) is 23.8 Å². The maximum atomic E-state index is 8.17. The summed E-state index contributed by atoms with van der Waals surface area (Å²) in [5.74, 6) is 7.47. The molecule has 0 amide bonds. The maximum Gasteiger partial charge on any atom is 0.152 e. The Morgan fingerprint density at radius 3 is 2.17 bits per heavy atom. The van der Waals surface area contributed by atoms with Crippen molar-refractivity contribution in [1.82, 2.24) is 0 Å². The fourth-order valence-corrected chi connectivity index (χ4v) is 0.750. The molecule has 1 aromatic carbocycles. The Morgan fingerprint density at radius 1 is 1.08 bits per heavy atom. The van der Waals surface area contributed by atoms with Crippen molar-refractivity contribution in [2.45, 2.75) is 0 Å². The third kappa shape index (κ3) is 1.91. The third-order valence-electron chi connectivity index (χ3n) is 1.31. The molecule has 0 radical (unpaired) electrons. The minimum atomic E-state index is 0.801. The minimum absolute atomic E-state index is 0.801. The molecule has 0 saturated carbocycles. The van der Waals surface area contributed by atoms with Crippen LogP contribution in [0.25, 0.3) is 0 Å². The molecular formula is C11H5N. The first kappa shape index (κ1) is 7.93. The van der Waals surface area contributed by atoms with E-state index in [9.17, 15) is 0 Å². The SMILES string of the molecule is C#Cc1ccc(C#CC#N)cc1. The quantitative estimate of drug-likeness (QED) is 0.516. The molecule has 0 N–H and O–H groups in total. The first-order valence-corrected chi connectivity index (χ1v) is 3.33. The molecule has 0 aliphatic rings. The van der Waals surface area contributed by atoms with Crippen molar-refractivity contribution < 1.29 is 0 Å². The highest BCUT2D eigenvalue weighted by Crippen LogP contribution is 2.00. The first-order chi connectivity index (χ1) is 5.86. The van der Waals surface area contributed by atoms with E-state index < -0.39 is 0 Å². The highest BCUT2D eigenvalue weighted by Gasteiger charge is 1.86. The zero-order valence-electron chi connectivity index (χ0n) is 6.33. The number of nitriles is 1. The average molecular weight is 151 g/mol. The maximum absolute atomic E-state index is 8.17. The van der Waals surface area contributed by atoms with Gasteiger partial charge < -0.3 is 0 Å². The molecule has 0 fully saturated rings. The van der Waals surface area contributed by atoms with Crippen LogP contribution in [0.5, 0.6) is 0 Å². The van der Waals surface area contributed by atoms with E-state index in [1.165, 1.54) is 0 Å². The highest BCUT2D eigenvalue weighted by molar-refractivity contribution is 5.42. The van der Waals surface area contributed by atoms with Crippen molar-refractivity contribution >= 4 is 0 Å². The lowest BCUT2D eigenvalue weighted by Gasteiger charge is -1.89. The van der Waals surface area contributed by atoms with Crippen LogP contribution in [0, 0.1) is 35.5 Å². The summed E-state index contributed by atoms with van der Waals surface area (Å²) in [7, 11) is 0. The minimum Gasteiger partial charge on any atom is -0.183 e. The van der Waals surface area contributed by atoms with Gasteiger partial charge in [-0.15, -0.1) is 6.42 Å². The zero-order valence-corrected chi connectivity index (χ0v) is 6.33. The molecular weight excluding hydrogens is 146 g/mol. The van der Waals surface area contributed by atoms with Crippen LogP contribution in [0.1, 0.15) is 11.1 Å². The van der Waals surface area contributed by atoms with Crippen LogP contribution in [-0.2, 0) is 0 Å². The summed E-state index contributed by atoms with van der Waals surface area (Å²) >= 11 is 0. The second-order valence-corrected chi connectivity index (χ2v) is 2.08. The van der Waals surface area contributed by atoms with Crippen molar-refractivity contribution in [1.29, 1.82) is 5.26 Å². The number of hydrogen-bond donors (Lipinski definition) is 0. The van der Waals surface area contributed by atoms with Crippen LogP contribution >= 0.6 is 0 Å². The van der Waals surface area contributed by atoms with Gasteiger partial charge in [-0.25, -0.2) is 0 Å². The Bertz CT molecular complexity index is 402. The molecule has 1 heteroatoms. The molecule has 0 unspecified atom stereocenters. The van der Waals surface area contributed by atoms with Crippen molar-refractivity contribution in [3.63, 3.8) is 0 Å². The lowest BCUT2D eigenvalue weighted by molar-refractivity contribution is 1.54. The summed E-state index contributed by atoms with van der Waals surface area (Å²) in [5.41, 5.74) is 1.62. The Hall–Kier alpha value is -2.17. The lowest BCUT2D eigenvalue weighted by Crippen LogP contribution is -1.75. The molecule has 0 aliphatic carbocycles. The number of rotatable bonds is 0. The molecule has 0 atom stereocenters. The fraction of sp³-hybridized carbons (Fsp3) is 0. The summed E-state index contributed by atoms with van der Waals surface area (Å²) in [5, 5.41) is 8.17. The van der Waals surface area contributed by atoms with Gasteiger partial charge in [0.1, 0.15) is 0 Å². The number of terminal acetylenes is 1. The van der Waals surface area contributed by atoms with E-state index >= 15 is 0 Å². The Labute approximate surface area is 71.6 Å². The molecule has 0 spiro atoms. The predicted octanol–water partition coefficient (Wildman–Crippen LogP) is 1.54. The van der Waals surface area contributed by atoms with Crippen LogP contribution in [-0.4, -0.2) is 0 Å². The highest BCUT2D eigenvalue weighted by atomic mass is 14.2. The fourth-order valence-electron chi connectivity index (χ4n) is 0.750. The predicted molar refractivity (Wildman–Crippen MR) is 46.9 cm³/mol. The van der Waals surface area contributed by atoms with Gasteiger partial charge in [-0.1, -0.05) is 11.8 Å². The van der Waals surface area contributed by atoms with Crippen LogP contribution in [0.15, 0.2) is 24.3 Å². The summed E-state index contributed by atoms with van der Waals surface area (Å²) in [6, 6.07) is 8.91. The Morgan fingerprint density at radius 2 is 1.67 bits per heavy atom. The standard InChI is InChI=1S/C11H5N/c1-2-10-5-7-11(8-6-10)4-3-9-12/h1,5-8H. The molecule has 0 aromatic heterocycles. The number of benzene rings is 1. The van der Waals surface area contributed by atoms with Gasteiger partial charge >= 0.3 is 0 Å². The van der Waals surface area contributed by atoms with Crippen molar-refractivity contribution in [2.75, 3.05) is 0 Å². The smallest absolute Gasteiger partial charge is 0.152 e. The van der Waals surface area contributed by atoms with Gasteiger partial charge in [0.2, 0.25) is 0 Å². The van der Waals surface area contributed by atoms with Gasteiger partial charge in [0.05, 0.1) is 0 Å². The Kier molecular flexibility index (Phi) is 2.56. The van der Waals surface area contributed by atoms with E-state index in [1.54, 1.807) is 30.3 Å². The van der Waals surface area contributed by atoms with Crippen molar-refractivity contribution in [3.8, 4) is 30.3 Å². The molecule has 12 heavy (non-hydrogen) atoms. The lowest BCUT2D eigenvalue weighted by atomic mass is 10.1. The second-order valence-electron chi connectivity index (χ2n) is 2.08. The summed E-state index contributed by atoms with van der Waals surface area (Å²) in [4.78, 5) is 0. The third-order valence-corrected chi connectivity index (χ3v) is 1.31. The molecule has 0 bridgehead atoms. The Balaban J connectivity index is 2.96. The van der Waals surface area contributed by atoms with Crippen LogP contribution < -0.4 is 0 Å². The number of hydrogen-bond acceptors (Lipinski definition) is 1. The van der Waals surface area contributed by atoms with E-state index in [4.69, 9.17) is 11.7 Å². The molecule has 54 valence electrons. The van der Waals surface area contributed by atoms with Gasteiger partial charge in [0, 0.05) is 17.0 Å². The molecule has 0 saturated heterocycles. The van der Waals surface area contributed by atoms with Gasteiger partial charge in [-0.2, -0.15) is 5.26 Å². The van der Waals surface area contributed by atoms with Gasteiger partial charge in [-0.3, -0.25) is 0 Å². The molecule has 1 aromatic rings. The first-order valence-electron chi connectivity index (χ1n) is 3.33. The summed E-state index contributed by atoms with van der Waals surface area (Å²) < 4.78 is 0. The molecule has 1 nitrogen and oxygen atoms in total. The van der Waals surface area contributed by atoms with Crippen LogP contribution in [0.2, 0.25) is 0 Å². The van der Waals surface area contributed by atoms with Gasteiger partial charge in [0.15, 0.2) is 6.07 Å². The molecule has 0 aliphatic heterocycles. The molecule has 0 heterocycles. The van der Waals surface area contributed by atoms with Crippen molar-refractivity contribution in [2.24, 2.45) is 0 Å². The van der Waals surface area contributed by atoms with Crippen molar-refractivity contribution in [3.05, 3.63) is 35.4 Å². The largest absolute Gasteiger partial charge is 0.183 e. The second kappa shape index (κ2) is 3.87. The zero-order chi connectivity index (χ0) is 8.81. The van der Waals surface area contributed by atoms with Gasteiger partial charge in [-0.05, 0) is 24.3 Å². The van der Waals surface area contributed by atoms with E-state index in [0.29, 0.717) is 0 Å². The normalized spacial score (nSPS) is 7.17. The number of nitrogens with zero attached hydrogens (tertiary/aromatic N) is 1. The van der Waals surface area contributed by atoms with E-state index in [-0.39, 0.29) is 0 Å².